The van der Waals surface area contributed by atoms with Crippen molar-refractivity contribution in [3.05, 3.63) is 43.1 Å². The van der Waals surface area contributed by atoms with Crippen LogP contribution in [0.1, 0.15) is 24.3 Å². The number of imidazole rings is 1. The van der Waals surface area contributed by atoms with E-state index in [-0.39, 0.29) is 17.4 Å². The van der Waals surface area contributed by atoms with E-state index >= 15 is 0 Å². The SMILES string of the molecule is C=CC(=O)c1ncc(-c2cn(CC)cn2)cc1NC(C)=O. The number of hydrogen-bond acceptors (Lipinski definition) is 4. The molecule has 6 heteroatoms. The summed E-state index contributed by atoms with van der Waals surface area (Å²) in [4.78, 5) is 31.4. The van der Waals surface area contributed by atoms with Crippen LogP contribution in [0, 0.1) is 0 Å². The molecule has 0 saturated heterocycles. The quantitative estimate of drug-likeness (QED) is 0.675. The fourth-order valence-corrected chi connectivity index (χ4v) is 1.86. The van der Waals surface area contributed by atoms with Crippen LogP contribution in [0.5, 0.6) is 0 Å². The summed E-state index contributed by atoms with van der Waals surface area (Å²) in [5, 5.41) is 2.61. The van der Waals surface area contributed by atoms with Gasteiger partial charge in [0.05, 0.1) is 17.7 Å². The molecule has 108 valence electrons. The Morgan fingerprint density at radius 3 is 2.76 bits per heavy atom. The number of carbonyl (C=O) groups excluding carboxylic acids is 2. The predicted octanol–water partition coefficient (Wildman–Crippen LogP) is 2.29. The first-order valence-corrected chi connectivity index (χ1v) is 6.51. The summed E-state index contributed by atoms with van der Waals surface area (Å²) < 4.78 is 1.93. The Bertz CT molecular complexity index is 703. The van der Waals surface area contributed by atoms with Gasteiger partial charge in [-0.05, 0) is 19.1 Å². The molecule has 1 N–H and O–H groups in total. The molecular formula is C15H16N4O2. The molecule has 0 aliphatic heterocycles. The normalized spacial score (nSPS) is 10.2. The maximum absolute atomic E-state index is 11.8. The topological polar surface area (TPSA) is 76.9 Å². The Balaban J connectivity index is 2.47. The first-order chi connectivity index (χ1) is 10.0. The van der Waals surface area contributed by atoms with Crippen molar-refractivity contribution >= 4 is 17.4 Å². The molecule has 0 spiro atoms. The number of pyridine rings is 1. The van der Waals surface area contributed by atoms with Gasteiger partial charge >= 0.3 is 0 Å². The van der Waals surface area contributed by atoms with E-state index in [1.165, 1.54) is 13.0 Å². The van der Waals surface area contributed by atoms with E-state index in [1.54, 1.807) is 18.6 Å². The number of anilines is 1. The van der Waals surface area contributed by atoms with Crippen LogP contribution in [0.3, 0.4) is 0 Å². The van der Waals surface area contributed by atoms with Crippen molar-refractivity contribution in [3.8, 4) is 11.3 Å². The summed E-state index contributed by atoms with van der Waals surface area (Å²) in [6.07, 6.45) is 6.32. The summed E-state index contributed by atoms with van der Waals surface area (Å²) in [6, 6.07) is 1.69. The van der Waals surface area contributed by atoms with Gasteiger partial charge in [-0.25, -0.2) is 9.97 Å². The molecule has 2 heterocycles. The monoisotopic (exact) mass is 284 g/mol. The highest BCUT2D eigenvalue weighted by Gasteiger charge is 2.14. The predicted molar refractivity (Wildman–Crippen MR) is 80.0 cm³/mol. The van der Waals surface area contributed by atoms with Gasteiger partial charge < -0.3 is 9.88 Å². The van der Waals surface area contributed by atoms with E-state index in [1.807, 2.05) is 17.7 Å². The number of aromatic nitrogens is 3. The van der Waals surface area contributed by atoms with Crippen molar-refractivity contribution < 1.29 is 9.59 Å². The van der Waals surface area contributed by atoms with Crippen molar-refractivity contribution in [2.24, 2.45) is 0 Å². The first kappa shape index (κ1) is 14.6. The molecule has 0 aliphatic rings. The van der Waals surface area contributed by atoms with E-state index in [2.05, 4.69) is 21.9 Å². The Hall–Kier alpha value is -2.76. The minimum absolute atomic E-state index is 0.166. The van der Waals surface area contributed by atoms with Gasteiger partial charge in [0.25, 0.3) is 0 Å². The minimum Gasteiger partial charge on any atom is -0.337 e. The summed E-state index contributed by atoms with van der Waals surface area (Å²) in [5.74, 6) is -0.615. The van der Waals surface area contributed by atoms with Gasteiger partial charge in [0.15, 0.2) is 0 Å². The fraction of sp³-hybridized carbons (Fsp3) is 0.200. The highest BCUT2D eigenvalue weighted by atomic mass is 16.1. The van der Waals surface area contributed by atoms with Crippen molar-refractivity contribution in [1.29, 1.82) is 0 Å². The third kappa shape index (κ3) is 3.22. The lowest BCUT2D eigenvalue weighted by atomic mass is 10.1. The van der Waals surface area contributed by atoms with Gasteiger partial charge in [-0.2, -0.15) is 0 Å². The van der Waals surface area contributed by atoms with E-state index in [0.717, 1.165) is 17.8 Å². The summed E-state index contributed by atoms with van der Waals surface area (Å²) in [6.45, 7) is 7.63. The van der Waals surface area contributed by atoms with Crippen LogP contribution < -0.4 is 5.32 Å². The highest BCUT2D eigenvalue weighted by Crippen LogP contribution is 2.23. The largest absolute Gasteiger partial charge is 0.337 e. The molecule has 1 amide bonds. The first-order valence-electron chi connectivity index (χ1n) is 6.51. The number of allylic oxidation sites excluding steroid dienone is 1. The average molecular weight is 284 g/mol. The van der Waals surface area contributed by atoms with E-state index < -0.39 is 0 Å². The standard InChI is InChI=1S/C15H16N4O2/c1-4-14(21)15-12(18-10(3)20)6-11(7-16-15)13-8-19(5-2)9-17-13/h4,6-9H,1,5H2,2-3H3,(H,18,20). The zero-order valence-corrected chi connectivity index (χ0v) is 12.0. The Morgan fingerprint density at radius 1 is 1.43 bits per heavy atom. The highest BCUT2D eigenvalue weighted by molar-refractivity contribution is 6.08. The minimum atomic E-state index is -0.343. The van der Waals surface area contributed by atoms with E-state index in [0.29, 0.717) is 5.69 Å². The van der Waals surface area contributed by atoms with E-state index in [9.17, 15) is 9.59 Å². The van der Waals surface area contributed by atoms with Crippen LogP contribution >= 0.6 is 0 Å². The van der Waals surface area contributed by atoms with Gasteiger partial charge in [-0.3, -0.25) is 9.59 Å². The number of nitrogens with zero attached hydrogens (tertiary/aromatic N) is 3. The number of carbonyl (C=O) groups is 2. The van der Waals surface area contributed by atoms with Crippen LogP contribution in [-0.4, -0.2) is 26.2 Å². The van der Waals surface area contributed by atoms with Crippen LogP contribution in [0.25, 0.3) is 11.3 Å². The molecule has 0 aliphatic carbocycles. The van der Waals surface area contributed by atoms with Gasteiger partial charge in [-0.15, -0.1) is 0 Å². The molecule has 0 atom stereocenters. The van der Waals surface area contributed by atoms with Crippen molar-refractivity contribution in [1.82, 2.24) is 14.5 Å². The molecule has 21 heavy (non-hydrogen) atoms. The molecule has 2 rings (SSSR count). The smallest absolute Gasteiger partial charge is 0.221 e. The van der Waals surface area contributed by atoms with Gasteiger partial charge in [0.2, 0.25) is 11.7 Å². The molecule has 0 radical (unpaired) electrons. The Morgan fingerprint density at radius 2 is 2.19 bits per heavy atom. The molecule has 0 unspecified atom stereocenters. The lowest BCUT2D eigenvalue weighted by molar-refractivity contribution is -0.114. The maximum Gasteiger partial charge on any atom is 0.221 e. The molecule has 2 aromatic heterocycles. The van der Waals surface area contributed by atoms with Gasteiger partial charge in [0, 0.05) is 31.4 Å². The van der Waals surface area contributed by atoms with Crippen LogP contribution in [0.15, 0.2) is 37.4 Å². The van der Waals surface area contributed by atoms with Crippen LogP contribution in [0.2, 0.25) is 0 Å². The maximum atomic E-state index is 11.8. The molecule has 6 nitrogen and oxygen atoms in total. The number of aryl methyl sites for hydroxylation is 1. The van der Waals surface area contributed by atoms with Gasteiger partial charge in [0.1, 0.15) is 5.69 Å². The third-order valence-corrected chi connectivity index (χ3v) is 2.91. The molecule has 0 saturated carbocycles. The number of ketones is 1. The van der Waals surface area contributed by atoms with Crippen LogP contribution in [0.4, 0.5) is 5.69 Å². The molecule has 0 bridgehead atoms. The third-order valence-electron chi connectivity index (χ3n) is 2.91. The number of nitrogens with one attached hydrogen (secondary N) is 1. The summed E-state index contributed by atoms with van der Waals surface area (Å²) in [5.41, 5.74) is 1.98. The fourth-order valence-electron chi connectivity index (χ4n) is 1.86. The van der Waals surface area contributed by atoms with Crippen molar-refractivity contribution in [2.75, 3.05) is 5.32 Å². The van der Waals surface area contributed by atoms with Crippen molar-refractivity contribution in [3.63, 3.8) is 0 Å². The van der Waals surface area contributed by atoms with Crippen LogP contribution in [-0.2, 0) is 11.3 Å². The average Bonchev–Trinajstić information content (AvgIpc) is 2.94. The molecule has 0 aromatic carbocycles. The second-order valence-electron chi connectivity index (χ2n) is 4.46. The number of hydrogen-bond donors (Lipinski definition) is 1. The number of rotatable bonds is 5. The van der Waals surface area contributed by atoms with E-state index in [4.69, 9.17) is 0 Å². The lowest BCUT2D eigenvalue weighted by Crippen LogP contribution is -2.11. The molecule has 0 fully saturated rings. The molecule has 2 aromatic rings. The zero-order chi connectivity index (χ0) is 15.4. The van der Waals surface area contributed by atoms with Crippen molar-refractivity contribution in [2.45, 2.75) is 20.4 Å². The van der Waals surface area contributed by atoms with Gasteiger partial charge in [-0.1, -0.05) is 6.58 Å². The second kappa shape index (κ2) is 6.13. The molecular weight excluding hydrogens is 268 g/mol. The summed E-state index contributed by atoms with van der Waals surface area (Å²) >= 11 is 0. The second-order valence-corrected chi connectivity index (χ2v) is 4.46. The summed E-state index contributed by atoms with van der Waals surface area (Å²) in [7, 11) is 0. The zero-order valence-electron chi connectivity index (χ0n) is 12.0. The lowest BCUT2D eigenvalue weighted by Gasteiger charge is -2.08. The Kier molecular flexibility index (Phi) is 4.27. The Labute approximate surface area is 122 Å². The number of amides is 1.